The monoisotopic (exact) mass is 284 g/mol. The molecule has 0 bridgehead atoms. The summed E-state index contributed by atoms with van der Waals surface area (Å²) in [5.41, 5.74) is -0.457. The van der Waals surface area contributed by atoms with Crippen LogP contribution >= 0.6 is 0 Å². The topological polar surface area (TPSA) is 79.3 Å². The first-order valence-corrected chi connectivity index (χ1v) is 5.29. The molecule has 0 radical (unpaired) electrons. The molecule has 0 aliphatic carbocycles. The number of aromatic carboxylic acids is 1. The number of anilines is 1. The number of aromatic nitrogens is 1. The highest BCUT2D eigenvalue weighted by Gasteiger charge is 2.38. The van der Waals surface area contributed by atoms with E-state index in [0.29, 0.717) is 5.39 Å². The molecule has 2 aromatic rings. The summed E-state index contributed by atoms with van der Waals surface area (Å²) in [5.74, 6) is -3.44. The number of amides is 1. The highest BCUT2D eigenvalue weighted by Crippen LogP contribution is 2.23. The lowest BCUT2D eigenvalue weighted by molar-refractivity contribution is -0.167. The predicted octanol–water partition coefficient (Wildman–Crippen LogP) is 2.43. The van der Waals surface area contributed by atoms with Crippen molar-refractivity contribution < 1.29 is 27.9 Å². The number of carboxylic acid groups (broad SMARTS) is 1. The Hall–Kier alpha value is -2.64. The SMILES string of the molecule is O=C(O)c1nccc2ccc(NC(=O)C(F)(F)F)cc12. The molecule has 5 nitrogen and oxygen atoms in total. The van der Waals surface area contributed by atoms with Gasteiger partial charge in [-0.2, -0.15) is 13.2 Å². The van der Waals surface area contributed by atoms with E-state index in [4.69, 9.17) is 5.11 Å². The minimum atomic E-state index is -5.01. The Balaban J connectivity index is 2.45. The van der Waals surface area contributed by atoms with Gasteiger partial charge < -0.3 is 10.4 Å². The minimum Gasteiger partial charge on any atom is -0.476 e. The van der Waals surface area contributed by atoms with E-state index in [2.05, 4.69) is 4.98 Å². The van der Waals surface area contributed by atoms with Gasteiger partial charge in [0.05, 0.1) is 0 Å². The Kier molecular flexibility index (Phi) is 3.31. The number of hydrogen-bond acceptors (Lipinski definition) is 3. The van der Waals surface area contributed by atoms with Crippen LogP contribution in [0.3, 0.4) is 0 Å². The molecule has 104 valence electrons. The van der Waals surface area contributed by atoms with Crippen LogP contribution in [0.15, 0.2) is 30.5 Å². The largest absolute Gasteiger partial charge is 0.476 e. The molecule has 0 aliphatic rings. The Morgan fingerprint density at radius 1 is 1.20 bits per heavy atom. The van der Waals surface area contributed by atoms with Gasteiger partial charge in [0.2, 0.25) is 0 Å². The van der Waals surface area contributed by atoms with E-state index in [1.165, 1.54) is 24.4 Å². The van der Waals surface area contributed by atoms with Crippen molar-refractivity contribution in [3.63, 3.8) is 0 Å². The molecular formula is C12H7F3N2O3. The smallest absolute Gasteiger partial charge is 0.471 e. The summed E-state index contributed by atoms with van der Waals surface area (Å²) in [7, 11) is 0. The summed E-state index contributed by atoms with van der Waals surface area (Å²) in [4.78, 5) is 25.4. The number of alkyl halides is 3. The van der Waals surface area contributed by atoms with Crippen LogP contribution in [-0.2, 0) is 4.79 Å². The van der Waals surface area contributed by atoms with Crippen LogP contribution in [0, 0.1) is 0 Å². The summed E-state index contributed by atoms with van der Waals surface area (Å²) < 4.78 is 36.4. The van der Waals surface area contributed by atoms with E-state index < -0.39 is 18.1 Å². The first kappa shape index (κ1) is 13.8. The zero-order chi connectivity index (χ0) is 14.9. The van der Waals surface area contributed by atoms with Crippen LogP contribution in [0.25, 0.3) is 10.8 Å². The van der Waals surface area contributed by atoms with Crippen molar-refractivity contribution in [2.75, 3.05) is 5.32 Å². The third-order valence-electron chi connectivity index (χ3n) is 2.48. The summed E-state index contributed by atoms with van der Waals surface area (Å²) in [6.07, 6.45) is -3.74. The summed E-state index contributed by atoms with van der Waals surface area (Å²) in [6, 6.07) is 5.29. The van der Waals surface area contributed by atoms with Crippen molar-refractivity contribution in [1.82, 2.24) is 4.98 Å². The number of pyridine rings is 1. The zero-order valence-electron chi connectivity index (χ0n) is 9.73. The van der Waals surface area contributed by atoms with E-state index in [9.17, 15) is 22.8 Å². The molecule has 0 saturated carbocycles. The maximum Gasteiger partial charge on any atom is 0.471 e. The van der Waals surface area contributed by atoms with Crippen molar-refractivity contribution >= 4 is 28.3 Å². The standard InChI is InChI=1S/C12H7F3N2O3/c13-12(14,15)11(20)17-7-2-1-6-3-4-16-9(10(18)19)8(6)5-7/h1-5H,(H,17,20)(H,18,19). The number of nitrogens with one attached hydrogen (secondary N) is 1. The number of nitrogens with zero attached hydrogens (tertiary/aromatic N) is 1. The highest BCUT2D eigenvalue weighted by atomic mass is 19.4. The molecule has 1 amide bonds. The fourth-order valence-electron chi connectivity index (χ4n) is 1.62. The van der Waals surface area contributed by atoms with Gasteiger partial charge in [0.25, 0.3) is 0 Å². The predicted molar refractivity (Wildman–Crippen MR) is 63.4 cm³/mol. The molecule has 0 saturated heterocycles. The van der Waals surface area contributed by atoms with Crippen molar-refractivity contribution in [2.24, 2.45) is 0 Å². The lowest BCUT2D eigenvalue weighted by Gasteiger charge is -2.09. The molecule has 2 N–H and O–H groups in total. The van der Waals surface area contributed by atoms with E-state index in [-0.39, 0.29) is 16.8 Å². The van der Waals surface area contributed by atoms with Gasteiger partial charge in [-0.05, 0) is 23.6 Å². The minimum absolute atomic E-state index is 0.139. The van der Waals surface area contributed by atoms with Crippen molar-refractivity contribution in [1.29, 1.82) is 0 Å². The fourth-order valence-corrected chi connectivity index (χ4v) is 1.62. The molecule has 20 heavy (non-hydrogen) atoms. The number of rotatable bonds is 2. The lowest BCUT2D eigenvalue weighted by Crippen LogP contribution is -2.29. The molecule has 0 aliphatic heterocycles. The molecule has 0 spiro atoms. The van der Waals surface area contributed by atoms with Crippen LogP contribution in [0.4, 0.5) is 18.9 Å². The molecule has 0 unspecified atom stereocenters. The normalized spacial score (nSPS) is 11.3. The van der Waals surface area contributed by atoms with Gasteiger partial charge in [-0.15, -0.1) is 0 Å². The fraction of sp³-hybridized carbons (Fsp3) is 0.0833. The maximum absolute atomic E-state index is 12.1. The Morgan fingerprint density at radius 2 is 1.90 bits per heavy atom. The average Bonchev–Trinajstić information content (AvgIpc) is 2.36. The van der Waals surface area contributed by atoms with Crippen LogP contribution in [0.1, 0.15) is 10.5 Å². The van der Waals surface area contributed by atoms with Gasteiger partial charge in [-0.1, -0.05) is 6.07 Å². The van der Waals surface area contributed by atoms with Crippen LogP contribution in [0.2, 0.25) is 0 Å². The average molecular weight is 284 g/mol. The second kappa shape index (κ2) is 4.80. The van der Waals surface area contributed by atoms with Gasteiger partial charge >= 0.3 is 18.1 Å². The number of carbonyl (C=O) groups excluding carboxylic acids is 1. The van der Waals surface area contributed by atoms with Gasteiger partial charge in [-0.3, -0.25) is 4.79 Å². The first-order valence-electron chi connectivity index (χ1n) is 5.29. The Morgan fingerprint density at radius 3 is 2.50 bits per heavy atom. The molecule has 0 atom stereocenters. The van der Waals surface area contributed by atoms with E-state index in [1.807, 2.05) is 0 Å². The third-order valence-corrected chi connectivity index (χ3v) is 2.48. The Labute approximate surface area is 110 Å². The molecule has 2 rings (SSSR count). The van der Waals surface area contributed by atoms with Gasteiger partial charge in [0.15, 0.2) is 5.69 Å². The number of carboxylic acids is 1. The van der Waals surface area contributed by atoms with Crippen LogP contribution in [-0.4, -0.2) is 28.1 Å². The zero-order valence-corrected chi connectivity index (χ0v) is 9.73. The quantitative estimate of drug-likeness (QED) is 0.887. The van der Waals surface area contributed by atoms with E-state index >= 15 is 0 Å². The lowest BCUT2D eigenvalue weighted by atomic mass is 10.1. The van der Waals surface area contributed by atoms with Gasteiger partial charge in [0.1, 0.15) is 0 Å². The van der Waals surface area contributed by atoms with Crippen LogP contribution in [0.5, 0.6) is 0 Å². The number of hydrogen-bond donors (Lipinski definition) is 2. The molecular weight excluding hydrogens is 277 g/mol. The molecule has 1 aromatic carbocycles. The second-order valence-electron chi connectivity index (χ2n) is 3.85. The highest BCUT2D eigenvalue weighted by molar-refractivity contribution is 6.04. The number of benzene rings is 1. The molecule has 0 fully saturated rings. The van der Waals surface area contributed by atoms with Crippen LogP contribution < -0.4 is 5.32 Å². The number of halogens is 3. The second-order valence-corrected chi connectivity index (χ2v) is 3.85. The molecule has 1 aromatic heterocycles. The maximum atomic E-state index is 12.1. The van der Waals surface area contributed by atoms with Crippen molar-refractivity contribution in [2.45, 2.75) is 6.18 Å². The molecule has 8 heteroatoms. The van der Waals surface area contributed by atoms with Crippen molar-refractivity contribution in [3.05, 3.63) is 36.2 Å². The summed E-state index contributed by atoms with van der Waals surface area (Å²) >= 11 is 0. The van der Waals surface area contributed by atoms with Gasteiger partial charge in [0, 0.05) is 17.3 Å². The van der Waals surface area contributed by atoms with E-state index in [1.54, 1.807) is 5.32 Å². The summed E-state index contributed by atoms with van der Waals surface area (Å²) in [6.45, 7) is 0. The number of fused-ring (bicyclic) bond motifs is 1. The summed E-state index contributed by atoms with van der Waals surface area (Å²) in [5, 5.41) is 11.2. The van der Waals surface area contributed by atoms with E-state index in [0.717, 1.165) is 6.07 Å². The van der Waals surface area contributed by atoms with Gasteiger partial charge in [-0.25, -0.2) is 9.78 Å². The Bertz CT molecular complexity index is 698. The first-order chi connectivity index (χ1) is 9.29. The van der Waals surface area contributed by atoms with Crippen molar-refractivity contribution in [3.8, 4) is 0 Å². The third kappa shape index (κ3) is 2.68. The number of carbonyl (C=O) groups is 2. The molecule has 1 heterocycles.